The molecule has 0 saturated carbocycles. The number of nitrogens with zero attached hydrogens (tertiary/aromatic N) is 4. The van der Waals surface area contributed by atoms with Gasteiger partial charge in [0.25, 0.3) is 5.91 Å². The fourth-order valence-corrected chi connectivity index (χ4v) is 2.28. The fraction of sp³-hybridized carbons (Fsp3) is 0.250. The maximum Gasteiger partial charge on any atom is 0.274 e. The van der Waals surface area contributed by atoms with Gasteiger partial charge in [-0.05, 0) is 19.1 Å². The molecular weight excluding hydrogens is 348 g/mol. The van der Waals surface area contributed by atoms with Crippen LogP contribution in [0.1, 0.15) is 35.0 Å². The van der Waals surface area contributed by atoms with Gasteiger partial charge in [-0.3, -0.25) is 9.48 Å². The third kappa shape index (κ3) is 3.68. The summed E-state index contributed by atoms with van der Waals surface area (Å²) in [6, 6.07) is 4.31. The number of rotatable bonds is 6. The molecule has 26 heavy (non-hydrogen) atoms. The Morgan fingerprint density at radius 1 is 1.38 bits per heavy atom. The van der Waals surface area contributed by atoms with E-state index in [-0.39, 0.29) is 18.1 Å². The van der Waals surface area contributed by atoms with Crippen LogP contribution in [0.2, 0.25) is 0 Å². The van der Waals surface area contributed by atoms with Gasteiger partial charge in [0.1, 0.15) is 18.8 Å². The summed E-state index contributed by atoms with van der Waals surface area (Å²) in [5.74, 6) is -1.97. The first kappa shape index (κ1) is 17.5. The molecule has 3 aromatic rings. The Morgan fingerprint density at radius 3 is 2.77 bits per heavy atom. The molecule has 2 heterocycles. The molecule has 0 aliphatic carbocycles. The Morgan fingerprint density at radius 2 is 2.12 bits per heavy atom. The van der Waals surface area contributed by atoms with E-state index in [1.54, 1.807) is 14.0 Å². The number of hydrogen-bond donors (Lipinski definition) is 1. The van der Waals surface area contributed by atoms with Crippen molar-refractivity contribution in [2.45, 2.75) is 19.6 Å². The number of carbonyl (C=O) groups excluding carboxylic acids is 1. The van der Waals surface area contributed by atoms with Gasteiger partial charge in [-0.1, -0.05) is 11.2 Å². The second-order valence-corrected chi connectivity index (χ2v) is 5.45. The molecule has 1 N–H and O–H groups in total. The van der Waals surface area contributed by atoms with Crippen molar-refractivity contribution in [3.63, 3.8) is 0 Å². The van der Waals surface area contributed by atoms with Crippen molar-refractivity contribution >= 4 is 5.91 Å². The predicted molar refractivity (Wildman–Crippen MR) is 84.1 cm³/mol. The molecule has 136 valence electrons. The Bertz CT molecular complexity index is 904. The van der Waals surface area contributed by atoms with Crippen molar-refractivity contribution in [2.75, 3.05) is 0 Å². The smallest absolute Gasteiger partial charge is 0.274 e. The molecule has 8 nitrogen and oxygen atoms in total. The van der Waals surface area contributed by atoms with E-state index in [2.05, 4.69) is 20.6 Å². The van der Waals surface area contributed by atoms with Gasteiger partial charge in [-0.15, -0.1) is 0 Å². The molecule has 0 bridgehead atoms. The SMILES string of the molecule is CC(NC(=O)c1cc(COc2c(F)cccc2F)on1)c1ncnn1C. The molecule has 2 aromatic heterocycles. The molecule has 0 aliphatic heterocycles. The van der Waals surface area contributed by atoms with E-state index in [1.165, 1.54) is 23.1 Å². The summed E-state index contributed by atoms with van der Waals surface area (Å²) in [6.45, 7) is 1.46. The first-order valence-corrected chi connectivity index (χ1v) is 7.63. The lowest BCUT2D eigenvalue weighted by molar-refractivity contribution is 0.0928. The minimum Gasteiger partial charge on any atom is -0.479 e. The number of hydrogen-bond acceptors (Lipinski definition) is 6. The lowest BCUT2D eigenvalue weighted by atomic mass is 10.3. The Kier molecular flexibility index (Phi) is 4.92. The second kappa shape index (κ2) is 7.30. The molecule has 0 saturated heterocycles. The van der Waals surface area contributed by atoms with E-state index < -0.39 is 29.3 Å². The average molecular weight is 363 g/mol. The van der Waals surface area contributed by atoms with Crippen LogP contribution in [0, 0.1) is 11.6 Å². The number of ether oxygens (including phenoxy) is 1. The van der Waals surface area contributed by atoms with Gasteiger partial charge >= 0.3 is 0 Å². The first-order valence-electron chi connectivity index (χ1n) is 7.63. The molecule has 1 amide bonds. The average Bonchev–Trinajstić information content (AvgIpc) is 3.23. The number of amides is 1. The predicted octanol–water partition coefficient (Wildman–Crippen LogP) is 2.15. The summed E-state index contributed by atoms with van der Waals surface area (Å²) in [6.07, 6.45) is 1.38. The molecule has 0 fully saturated rings. The van der Waals surface area contributed by atoms with Gasteiger partial charge in [0.05, 0.1) is 6.04 Å². The van der Waals surface area contributed by atoms with E-state index in [1.807, 2.05) is 0 Å². The van der Waals surface area contributed by atoms with E-state index in [0.29, 0.717) is 5.82 Å². The lowest BCUT2D eigenvalue weighted by Crippen LogP contribution is -2.28. The molecule has 1 unspecified atom stereocenters. The van der Waals surface area contributed by atoms with Crippen LogP contribution in [0.25, 0.3) is 0 Å². The Labute approximate surface area is 146 Å². The van der Waals surface area contributed by atoms with Crippen molar-refractivity contribution in [3.05, 3.63) is 59.5 Å². The summed E-state index contributed by atoms with van der Waals surface area (Å²) in [4.78, 5) is 16.3. The summed E-state index contributed by atoms with van der Waals surface area (Å²) < 4.78 is 38.6. The minimum absolute atomic E-state index is 0.00613. The number of benzene rings is 1. The van der Waals surface area contributed by atoms with Gasteiger partial charge < -0.3 is 14.6 Å². The molecule has 3 rings (SSSR count). The van der Waals surface area contributed by atoms with Crippen LogP contribution in [0.15, 0.2) is 35.1 Å². The van der Waals surface area contributed by atoms with Crippen molar-refractivity contribution < 1.29 is 22.8 Å². The highest BCUT2D eigenvalue weighted by atomic mass is 19.1. The topological polar surface area (TPSA) is 95.1 Å². The third-order valence-electron chi connectivity index (χ3n) is 3.55. The highest BCUT2D eigenvalue weighted by Crippen LogP contribution is 2.22. The standard InChI is InChI=1S/C16H15F2N5O3/c1-9(15-19-8-20-23(15)2)21-16(24)13-6-10(26-22-13)7-25-14-11(17)4-3-5-12(14)18/h3-6,8-9H,7H2,1-2H3,(H,21,24). The Balaban J connectivity index is 1.62. The van der Waals surface area contributed by atoms with Crippen molar-refractivity contribution in [2.24, 2.45) is 7.05 Å². The Hall–Kier alpha value is -3.30. The number of nitrogens with one attached hydrogen (secondary N) is 1. The summed E-state index contributed by atoms with van der Waals surface area (Å²) >= 11 is 0. The largest absolute Gasteiger partial charge is 0.479 e. The van der Waals surface area contributed by atoms with E-state index >= 15 is 0 Å². The number of halogens is 2. The molecule has 1 atom stereocenters. The zero-order chi connectivity index (χ0) is 18.7. The van der Waals surface area contributed by atoms with Gasteiger partial charge in [0.15, 0.2) is 28.8 Å². The lowest BCUT2D eigenvalue weighted by Gasteiger charge is -2.11. The maximum atomic E-state index is 13.5. The van der Waals surface area contributed by atoms with Gasteiger partial charge in [0.2, 0.25) is 0 Å². The van der Waals surface area contributed by atoms with Crippen molar-refractivity contribution in [1.82, 2.24) is 25.2 Å². The summed E-state index contributed by atoms with van der Waals surface area (Å²) in [7, 11) is 1.71. The van der Waals surface area contributed by atoms with Gasteiger partial charge in [0, 0.05) is 13.1 Å². The fourth-order valence-electron chi connectivity index (χ4n) is 2.28. The zero-order valence-corrected chi connectivity index (χ0v) is 13.9. The normalized spacial score (nSPS) is 12.0. The molecule has 0 aliphatic rings. The first-order chi connectivity index (χ1) is 12.5. The van der Waals surface area contributed by atoms with Crippen LogP contribution in [0.3, 0.4) is 0 Å². The van der Waals surface area contributed by atoms with Crippen LogP contribution in [0.5, 0.6) is 5.75 Å². The van der Waals surface area contributed by atoms with Crippen LogP contribution in [-0.2, 0) is 13.7 Å². The van der Waals surface area contributed by atoms with E-state index in [0.717, 1.165) is 12.1 Å². The summed E-state index contributed by atoms with van der Waals surface area (Å²) in [5.41, 5.74) is 0.00613. The number of aromatic nitrogens is 4. The molecular formula is C16H15F2N5O3. The van der Waals surface area contributed by atoms with Crippen LogP contribution in [-0.4, -0.2) is 25.8 Å². The zero-order valence-electron chi connectivity index (χ0n) is 13.9. The van der Waals surface area contributed by atoms with Gasteiger partial charge in [-0.2, -0.15) is 5.10 Å². The number of carbonyl (C=O) groups is 1. The van der Waals surface area contributed by atoms with Crippen LogP contribution in [0.4, 0.5) is 8.78 Å². The van der Waals surface area contributed by atoms with E-state index in [4.69, 9.17) is 9.26 Å². The summed E-state index contributed by atoms with van der Waals surface area (Å²) in [5, 5.41) is 10.3. The second-order valence-electron chi connectivity index (χ2n) is 5.45. The highest BCUT2D eigenvalue weighted by Gasteiger charge is 2.19. The number of aryl methyl sites for hydroxylation is 1. The molecule has 0 radical (unpaired) electrons. The highest BCUT2D eigenvalue weighted by molar-refractivity contribution is 5.92. The van der Waals surface area contributed by atoms with Crippen molar-refractivity contribution in [1.29, 1.82) is 0 Å². The minimum atomic E-state index is -0.833. The van der Waals surface area contributed by atoms with Crippen molar-refractivity contribution in [3.8, 4) is 5.75 Å². The maximum absolute atomic E-state index is 13.5. The monoisotopic (exact) mass is 363 g/mol. The van der Waals surface area contributed by atoms with Crippen LogP contribution >= 0.6 is 0 Å². The van der Waals surface area contributed by atoms with Gasteiger partial charge in [-0.25, -0.2) is 13.8 Å². The van der Waals surface area contributed by atoms with Crippen LogP contribution < -0.4 is 10.1 Å². The number of para-hydroxylation sites is 1. The van der Waals surface area contributed by atoms with E-state index in [9.17, 15) is 13.6 Å². The third-order valence-corrected chi connectivity index (χ3v) is 3.55. The molecule has 10 heteroatoms. The molecule has 0 spiro atoms. The quantitative estimate of drug-likeness (QED) is 0.721. The molecule has 1 aromatic carbocycles.